The Morgan fingerprint density at radius 1 is 0.790 bits per heavy atom. The fraction of sp³-hybridized carbons (Fsp3) is 0.771. The van der Waals surface area contributed by atoms with Crippen molar-refractivity contribution < 1.29 is 52.3 Å². The largest absolute Gasteiger partial charge is 0.462 e. The number of allylic oxidation sites excluding steroid dienone is 4. The number of rotatable bonds is 10. The van der Waals surface area contributed by atoms with Crippen molar-refractivity contribution in [3.05, 3.63) is 42.0 Å². The zero-order valence-electron chi connectivity index (χ0n) is 38.1. The van der Waals surface area contributed by atoms with Crippen molar-refractivity contribution in [3.63, 3.8) is 0 Å². The molecule has 5 unspecified atom stereocenters. The highest BCUT2D eigenvalue weighted by Crippen LogP contribution is 2.63. The Balaban J connectivity index is 1.13. The minimum Gasteiger partial charge on any atom is -0.462 e. The molecule has 8 rings (SSSR count). The summed E-state index contributed by atoms with van der Waals surface area (Å²) in [5.41, 5.74) is 1.90. The van der Waals surface area contributed by atoms with Crippen LogP contribution >= 0.6 is 0 Å². The van der Waals surface area contributed by atoms with Crippen molar-refractivity contribution in [3.8, 4) is 0 Å². The number of hydrogen-bond acceptors (Lipinski definition) is 14. The maximum absolute atomic E-state index is 15.2. The van der Waals surface area contributed by atoms with Gasteiger partial charge < -0.3 is 42.8 Å². The Morgan fingerprint density at radius 3 is 2.16 bits per heavy atom. The number of carbonyl (C=O) groups excluding carboxylic acids is 3. The van der Waals surface area contributed by atoms with E-state index in [0.29, 0.717) is 54.9 Å². The number of nitrogens with zero attached hydrogens (tertiary/aromatic N) is 3. The summed E-state index contributed by atoms with van der Waals surface area (Å²) in [7, 11) is 9.06. The third-order valence-electron chi connectivity index (χ3n) is 15.8. The molecule has 0 amide bonds. The summed E-state index contributed by atoms with van der Waals surface area (Å²) in [5.74, 6) is -2.22. The number of hydrogen-bond donors (Lipinski definition) is 0. The molecule has 2 saturated carbocycles. The number of ether oxygens (including phenoxy) is 8. The molecule has 4 heterocycles. The standard InChI is InChI=1S/C48H69N3O11/c1-10-28-12-11-13-38(62-40-15-14-37(51(5)6)25(3)58-40)24(2)43(53)36-19-33-31-16-29(61-48-47(57-9)46(56-8)45(55-7)26(4)59-48)17-32(31)34-18-30(27-21-49-23-50-22-27)44(54)42(34)41(33)35(36)20-39(52)60-28/h18-19,21-26,28-29,31-35,37-38,40-42,45-48H,10-17,20H2,1-9H3/t24-,25?,26?,28+,29+,31-,32-,33+,34?,35-,37+,38+,40+,41-,42?,45+,46?,47+,48+/m1/s1. The molecular formula is C48H69N3O11. The van der Waals surface area contributed by atoms with Gasteiger partial charge in [0.15, 0.2) is 24.1 Å². The quantitative estimate of drug-likeness (QED) is 0.268. The Bertz CT molecular complexity index is 1830. The molecule has 342 valence electrons. The van der Waals surface area contributed by atoms with Gasteiger partial charge in [0, 0.05) is 68.7 Å². The van der Waals surface area contributed by atoms with E-state index >= 15 is 4.79 Å². The van der Waals surface area contributed by atoms with E-state index in [1.165, 1.54) is 6.33 Å². The normalized spacial score (nSPS) is 43.7. The van der Waals surface area contributed by atoms with Gasteiger partial charge in [-0.05, 0) is 114 Å². The second kappa shape index (κ2) is 19.3. The molecule has 0 N–H and O–H groups in total. The van der Waals surface area contributed by atoms with Crippen molar-refractivity contribution in [2.75, 3.05) is 35.4 Å². The highest BCUT2D eigenvalue weighted by molar-refractivity contribution is 6.24. The number of cyclic esters (lactones) is 1. The van der Waals surface area contributed by atoms with Gasteiger partial charge in [0.25, 0.3) is 0 Å². The average molecular weight is 864 g/mol. The Morgan fingerprint density at radius 2 is 1.50 bits per heavy atom. The topological polar surface area (TPSA) is 154 Å². The van der Waals surface area contributed by atoms with Crippen molar-refractivity contribution >= 4 is 23.1 Å². The van der Waals surface area contributed by atoms with E-state index in [2.05, 4.69) is 48.0 Å². The van der Waals surface area contributed by atoms with Crippen LogP contribution in [0.5, 0.6) is 0 Å². The first-order valence-corrected chi connectivity index (χ1v) is 23.2. The molecule has 0 aromatic carbocycles. The molecule has 19 atom stereocenters. The molecule has 3 aliphatic heterocycles. The number of ketones is 2. The molecule has 1 aromatic rings. The van der Waals surface area contributed by atoms with Crippen LogP contribution in [0.3, 0.4) is 0 Å². The van der Waals surface area contributed by atoms with E-state index in [-0.39, 0.29) is 84.1 Å². The number of fused-ring (bicyclic) bond motifs is 8. The molecule has 7 aliphatic rings. The van der Waals surface area contributed by atoms with Crippen molar-refractivity contribution in [1.29, 1.82) is 0 Å². The SMILES string of the molecule is CC[C@H]1CCC[C@H](O[C@H]2CC[C@H](N(C)C)C(C)O2)[C@@H](C)C(=O)C2=C[C@H]3[C@@H]4C[C@H](O[C@@H]5OC(C)[C@H](OC)C(OC)[C@@H]5OC)C[C@H]4C4C=C(c5cncnc5)C(=O)C4[C@H]3[C@@H]2CC(=O)O1. The zero-order chi connectivity index (χ0) is 44.0. The summed E-state index contributed by atoms with van der Waals surface area (Å²) in [6.07, 6.45) is 11.4. The first-order valence-electron chi connectivity index (χ1n) is 23.2. The van der Waals surface area contributed by atoms with Gasteiger partial charge in [-0.3, -0.25) is 14.4 Å². The van der Waals surface area contributed by atoms with Crippen LogP contribution in [0.15, 0.2) is 36.4 Å². The number of esters is 1. The first-order chi connectivity index (χ1) is 29.9. The molecule has 62 heavy (non-hydrogen) atoms. The lowest BCUT2D eigenvalue weighted by atomic mass is 9.57. The molecule has 0 radical (unpaired) electrons. The Hall–Kier alpha value is -2.95. The monoisotopic (exact) mass is 863 g/mol. The van der Waals surface area contributed by atoms with Crippen LogP contribution in [-0.4, -0.2) is 135 Å². The van der Waals surface area contributed by atoms with Gasteiger partial charge in [0.05, 0.1) is 30.8 Å². The van der Waals surface area contributed by atoms with E-state index in [1.54, 1.807) is 33.7 Å². The lowest BCUT2D eigenvalue weighted by Crippen LogP contribution is -2.59. The number of methoxy groups -OCH3 is 3. The summed E-state index contributed by atoms with van der Waals surface area (Å²) in [6, 6.07) is 0.291. The highest BCUT2D eigenvalue weighted by atomic mass is 16.7. The van der Waals surface area contributed by atoms with Crippen molar-refractivity contribution in [1.82, 2.24) is 14.9 Å². The van der Waals surface area contributed by atoms with Gasteiger partial charge in [-0.15, -0.1) is 0 Å². The van der Waals surface area contributed by atoms with Crippen LogP contribution in [0.25, 0.3) is 5.57 Å². The fourth-order valence-electron chi connectivity index (χ4n) is 12.8. The molecule has 0 spiro atoms. The third-order valence-corrected chi connectivity index (χ3v) is 15.8. The lowest BCUT2D eigenvalue weighted by molar-refractivity contribution is -0.314. The molecular weight excluding hydrogens is 795 g/mol. The number of aromatic nitrogens is 2. The fourth-order valence-corrected chi connectivity index (χ4v) is 12.8. The Labute approximate surface area is 367 Å². The van der Waals surface area contributed by atoms with Crippen LogP contribution in [0.4, 0.5) is 0 Å². The van der Waals surface area contributed by atoms with Gasteiger partial charge in [0.2, 0.25) is 0 Å². The zero-order valence-corrected chi connectivity index (χ0v) is 38.1. The third kappa shape index (κ3) is 8.64. The van der Waals surface area contributed by atoms with Crippen LogP contribution in [0.2, 0.25) is 0 Å². The van der Waals surface area contributed by atoms with E-state index < -0.39 is 48.6 Å². The van der Waals surface area contributed by atoms with E-state index in [0.717, 1.165) is 19.3 Å². The van der Waals surface area contributed by atoms with Gasteiger partial charge in [-0.1, -0.05) is 26.0 Å². The molecule has 14 heteroatoms. The van der Waals surface area contributed by atoms with Crippen molar-refractivity contribution in [2.24, 2.45) is 47.3 Å². The van der Waals surface area contributed by atoms with E-state index in [1.807, 2.05) is 20.8 Å². The van der Waals surface area contributed by atoms with Crippen LogP contribution < -0.4 is 0 Å². The number of carbonyl (C=O) groups is 3. The smallest absolute Gasteiger partial charge is 0.306 e. The van der Waals surface area contributed by atoms with E-state index in [9.17, 15) is 9.59 Å². The summed E-state index contributed by atoms with van der Waals surface area (Å²) in [5, 5.41) is 0. The summed E-state index contributed by atoms with van der Waals surface area (Å²) in [6.45, 7) is 8.06. The predicted octanol–water partition coefficient (Wildman–Crippen LogP) is 5.62. The number of likely N-dealkylation sites (N-methyl/N-ethyl adjacent to an activating group) is 1. The predicted molar refractivity (Wildman–Crippen MR) is 227 cm³/mol. The first kappa shape index (κ1) is 45.6. The van der Waals surface area contributed by atoms with Crippen molar-refractivity contribution in [2.45, 2.75) is 153 Å². The van der Waals surface area contributed by atoms with Gasteiger partial charge >= 0.3 is 5.97 Å². The minimum absolute atomic E-state index is 0.0157. The van der Waals surface area contributed by atoms with Crippen LogP contribution in [-0.2, 0) is 52.3 Å². The summed E-state index contributed by atoms with van der Waals surface area (Å²) < 4.78 is 50.4. The van der Waals surface area contributed by atoms with Crippen LogP contribution in [0.1, 0.15) is 91.0 Å². The second-order valence-electron chi connectivity index (χ2n) is 19.3. The maximum Gasteiger partial charge on any atom is 0.306 e. The molecule has 1 aromatic heterocycles. The molecule has 5 fully saturated rings. The maximum atomic E-state index is 15.2. The molecule has 0 bridgehead atoms. The Kier molecular flexibility index (Phi) is 14.2. The van der Waals surface area contributed by atoms with E-state index in [4.69, 9.17) is 37.9 Å². The van der Waals surface area contributed by atoms with Gasteiger partial charge in [0.1, 0.15) is 30.7 Å². The minimum atomic E-state index is -0.705. The highest BCUT2D eigenvalue weighted by Gasteiger charge is 2.62. The van der Waals surface area contributed by atoms with Gasteiger partial charge in [-0.2, -0.15) is 0 Å². The van der Waals surface area contributed by atoms with Crippen LogP contribution in [0, 0.1) is 47.3 Å². The molecule has 14 nitrogen and oxygen atoms in total. The average Bonchev–Trinajstić information content (AvgIpc) is 3.95. The molecule has 4 aliphatic carbocycles. The molecule has 3 saturated heterocycles. The van der Waals surface area contributed by atoms with Gasteiger partial charge in [-0.25, -0.2) is 9.97 Å². The second-order valence-corrected chi connectivity index (χ2v) is 19.3. The lowest BCUT2D eigenvalue weighted by Gasteiger charge is -2.45. The number of Topliss-reactive ketones (excluding diaryl/α,β-unsaturated/α-hetero) is 2. The summed E-state index contributed by atoms with van der Waals surface area (Å²) >= 11 is 0. The summed E-state index contributed by atoms with van der Waals surface area (Å²) in [4.78, 5) is 55.0.